The predicted octanol–water partition coefficient (Wildman–Crippen LogP) is 4.25. The predicted molar refractivity (Wildman–Crippen MR) is 126 cm³/mol. The van der Waals surface area contributed by atoms with Crippen LogP contribution in [0.2, 0.25) is 0 Å². The topological polar surface area (TPSA) is 99.8 Å². The van der Waals surface area contributed by atoms with E-state index in [0.717, 1.165) is 40.9 Å². The molecule has 1 aliphatic rings. The maximum absolute atomic E-state index is 12.9. The van der Waals surface area contributed by atoms with Crippen LogP contribution in [0.3, 0.4) is 0 Å². The molecule has 2 aromatic carbocycles. The van der Waals surface area contributed by atoms with Gasteiger partial charge in [0.05, 0.1) is 23.6 Å². The van der Waals surface area contributed by atoms with Crippen LogP contribution in [0.25, 0.3) is 16.9 Å². The summed E-state index contributed by atoms with van der Waals surface area (Å²) in [6.07, 6.45) is 2.26. The van der Waals surface area contributed by atoms with Gasteiger partial charge in [0.25, 0.3) is 5.91 Å². The van der Waals surface area contributed by atoms with Gasteiger partial charge >= 0.3 is 0 Å². The van der Waals surface area contributed by atoms with Gasteiger partial charge in [-0.3, -0.25) is 4.79 Å². The molecular formula is C26H26N4O3. The minimum Gasteiger partial charge on any atom is -0.392 e. The number of anilines is 1. The maximum Gasteiger partial charge on any atom is 0.256 e. The molecule has 3 N–H and O–H groups in total. The lowest BCUT2D eigenvalue weighted by molar-refractivity contribution is 0.0785. The van der Waals surface area contributed by atoms with Crippen molar-refractivity contribution < 1.29 is 15.0 Å². The Morgan fingerprint density at radius 1 is 1.12 bits per heavy atom. The first-order valence-electron chi connectivity index (χ1n) is 11.1. The highest BCUT2D eigenvalue weighted by molar-refractivity contribution is 6.04. The number of nitrogens with zero attached hydrogens (tertiary/aromatic N) is 3. The fourth-order valence-electron chi connectivity index (χ4n) is 3.89. The van der Waals surface area contributed by atoms with Gasteiger partial charge in [-0.15, -0.1) is 0 Å². The van der Waals surface area contributed by atoms with Crippen LogP contribution in [-0.4, -0.2) is 30.7 Å². The molecule has 0 radical (unpaired) electrons. The summed E-state index contributed by atoms with van der Waals surface area (Å²) in [5, 5.41) is 27.4. The first-order chi connectivity index (χ1) is 15.8. The van der Waals surface area contributed by atoms with Crippen molar-refractivity contribution in [1.29, 1.82) is 0 Å². The number of fused-ring (bicyclic) bond motifs is 1. The van der Waals surface area contributed by atoms with Crippen LogP contribution in [0.15, 0.2) is 60.7 Å². The van der Waals surface area contributed by atoms with Crippen LogP contribution < -0.4 is 5.32 Å². The van der Waals surface area contributed by atoms with Gasteiger partial charge in [0.1, 0.15) is 5.82 Å². The largest absolute Gasteiger partial charge is 0.392 e. The second-order valence-corrected chi connectivity index (χ2v) is 9.09. The minimum atomic E-state index is -0.971. The van der Waals surface area contributed by atoms with Crippen LogP contribution in [0.4, 0.5) is 5.82 Å². The molecule has 0 unspecified atom stereocenters. The summed E-state index contributed by atoms with van der Waals surface area (Å²) in [5.41, 5.74) is 4.37. The molecule has 4 aromatic rings. The number of carbonyl (C=O) groups is 1. The number of carbonyl (C=O) groups excluding carboxylic acids is 1. The van der Waals surface area contributed by atoms with E-state index in [1.807, 2.05) is 30.3 Å². The summed E-state index contributed by atoms with van der Waals surface area (Å²) < 4.78 is 1.80. The number of aliphatic hydroxyl groups excluding tert-OH is 1. The zero-order valence-corrected chi connectivity index (χ0v) is 18.6. The molecule has 2 heterocycles. The summed E-state index contributed by atoms with van der Waals surface area (Å²) in [6.45, 7) is 3.35. The molecule has 0 bridgehead atoms. The van der Waals surface area contributed by atoms with Gasteiger partial charge in [-0.1, -0.05) is 30.3 Å². The Kier molecular flexibility index (Phi) is 5.23. The lowest BCUT2D eigenvalue weighted by Crippen LogP contribution is -2.17. The Hall–Kier alpha value is -3.55. The fourth-order valence-corrected chi connectivity index (χ4v) is 3.89. The van der Waals surface area contributed by atoms with E-state index >= 15 is 0 Å². The Balaban J connectivity index is 1.52. The zero-order chi connectivity index (χ0) is 23.2. The van der Waals surface area contributed by atoms with Crippen LogP contribution in [0, 0.1) is 0 Å². The molecule has 1 saturated carbocycles. The average molecular weight is 443 g/mol. The van der Waals surface area contributed by atoms with E-state index in [9.17, 15) is 15.0 Å². The Morgan fingerprint density at radius 2 is 1.88 bits per heavy atom. The normalized spacial score (nSPS) is 13.9. The quantitative estimate of drug-likeness (QED) is 0.415. The molecule has 7 nitrogen and oxygen atoms in total. The molecule has 1 aliphatic carbocycles. The summed E-state index contributed by atoms with van der Waals surface area (Å²) >= 11 is 0. The van der Waals surface area contributed by atoms with Gasteiger partial charge in [-0.05, 0) is 56.0 Å². The number of hydrogen-bond acceptors (Lipinski definition) is 5. The Bertz CT molecular complexity index is 1330. The summed E-state index contributed by atoms with van der Waals surface area (Å²) in [5.74, 6) is 0.604. The first kappa shape index (κ1) is 21.3. The van der Waals surface area contributed by atoms with E-state index in [2.05, 4.69) is 10.3 Å². The van der Waals surface area contributed by atoms with Gasteiger partial charge in [-0.2, -0.15) is 5.10 Å². The number of rotatable bonds is 6. The van der Waals surface area contributed by atoms with Crippen molar-refractivity contribution in [2.24, 2.45) is 0 Å². The molecule has 168 valence electrons. The number of nitrogens with one attached hydrogen (secondary N) is 1. The minimum absolute atomic E-state index is 0.0568. The Labute approximate surface area is 191 Å². The number of benzene rings is 2. The van der Waals surface area contributed by atoms with Crippen molar-refractivity contribution in [3.05, 3.63) is 83.0 Å². The molecule has 0 saturated heterocycles. The van der Waals surface area contributed by atoms with Crippen molar-refractivity contribution in [2.45, 2.75) is 44.8 Å². The summed E-state index contributed by atoms with van der Waals surface area (Å²) in [4.78, 5) is 17.5. The highest BCUT2D eigenvalue weighted by Crippen LogP contribution is 2.40. The molecule has 0 spiro atoms. The van der Waals surface area contributed by atoms with Crippen molar-refractivity contribution in [2.75, 3.05) is 5.32 Å². The van der Waals surface area contributed by atoms with E-state index in [1.165, 1.54) is 0 Å². The number of amides is 1. The second kappa shape index (κ2) is 8.10. The molecule has 7 heteroatoms. The van der Waals surface area contributed by atoms with E-state index in [0.29, 0.717) is 22.9 Å². The van der Waals surface area contributed by atoms with Crippen molar-refractivity contribution in [3.63, 3.8) is 0 Å². The molecule has 1 fully saturated rings. The van der Waals surface area contributed by atoms with E-state index < -0.39 is 5.60 Å². The Morgan fingerprint density at radius 3 is 2.55 bits per heavy atom. The summed E-state index contributed by atoms with van der Waals surface area (Å²) in [6, 6.07) is 18.3. The van der Waals surface area contributed by atoms with Crippen molar-refractivity contribution in [1.82, 2.24) is 14.6 Å². The monoisotopic (exact) mass is 442 g/mol. The first-order valence-corrected chi connectivity index (χ1v) is 11.1. The van der Waals surface area contributed by atoms with Gasteiger partial charge in [0.2, 0.25) is 0 Å². The lowest BCUT2D eigenvalue weighted by Gasteiger charge is -2.17. The van der Waals surface area contributed by atoms with Crippen LogP contribution >= 0.6 is 0 Å². The van der Waals surface area contributed by atoms with Gasteiger partial charge in [-0.25, -0.2) is 9.50 Å². The molecule has 1 amide bonds. The van der Waals surface area contributed by atoms with E-state index in [-0.39, 0.29) is 12.5 Å². The van der Waals surface area contributed by atoms with Crippen molar-refractivity contribution in [3.8, 4) is 11.3 Å². The van der Waals surface area contributed by atoms with E-state index in [4.69, 9.17) is 5.10 Å². The molecule has 5 rings (SSSR count). The third-order valence-electron chi connectivity index (χ3n) is 5.94. The van der Waals surface area contributed by atoms with Crippen LogP contribution in [0.1, 0.15) is 59.8 Å². The number of aliphatic hydroxyl groups is 2. The fraction of sp³-hybridized carbons (Fsp3) is 0.269. The summed E-state index contributed by atoms with van der Waals surface area (Å²) in [7, 11) is 0. The van der Waals surface area contributed by atoms with Gasteiger partial charge in [0.15, 0.2) is 5.65 Å². The van der Waals surface area contributed by atoms with Gasteiger partial charge < -0.3 is 15.5 Å². The maximum atomic E-state index is 12.9. The number of hydrogen-bond donors (Lipinski definition) is 3. The highest BCUT2D eigenvalue weighted by Gasteiger charge is 2.27. The second-order valence-electron chi connectivity index (χ2n) is 9.09. The SMILES string of the molecule is CC(C)(O)c1ccc(C(=O)Nc2cc(-c3cccc(CO)c3)n3nc(C4CC4)cc3n2)cc1. The smallest absolute Gasteiger partial charge is 0.256 e. The molecular weight excluding hydrogens is 416 g/mol. The zero-order valence-electron chi connectivity index (χ0n) is 18.6. The molecule has 0 atom stereocenters. The molecule has 0 aliphatic heterocycles. The number of aromatic nitrogens is 3. The molecule has 33 heavy (non-hydrogen) atoms. The molecule has 2 aromatic heterocycles. The average Bonchev–Trinajstić information content (AvgIpc) is 3.57. The van der Waals surface area contributed by atoms with Crippen LogP contribution in [0.5, 0.6) is 0 Å². The highest BCUT2D eigenvalue weighted by atomic mass is 16.3. The lowest BCUT2D eigenvalue weighted by atomic mass is 9.97. The van der Waals surface area contributed by atoms with Gasteiger partial charge in [0, 0.05) is 29.2 Å². The third-order valence-corrected chi connectivity index (χ3v) is 5.94. The standard InChI is InChI=1S/C26H26N4O3/c1-26(2,33)20-10-8-18(9-11-20)25(32)28-23-14-22(19-5-3-4-16(12-19)15-31)30-24(27-23)13-21(29-30)17-6-7-17/h3-5,8-14,17,31,33H,6-7,15H2,1-2H3,(H,27,28,32). The van der Waals surface area contributed by atoms with Crippen LogP contribution in [-0.2, 0) is 12.2 Å². The third kappa shape index (κ3) is 4.37. The van der Waals surface area contributed by atoms with Crippen molar-refractivity contribution >= 4 is 17.4 Å². The van der Waals surface area contributed by atoms with E-state index in [1.54, 1.807) is 48.7 Å².